The Morgan fingerprint density at radius 2 is 2.11 bits per heavy atom. The van der Waals surface area contributed by atoms with Gasteiger partial charge in [-0.1, -0.05) is 12.1 Å². The number of para-hydroxylation sites is 1. The molecule has 0 radical (unpaired) electrons. The van der Waals surface area contributed by atoms with Crippen LogP contribution >= 0.6 is 23.6 Å². The summed E-state index contributed by atoms with van der Waals surface area (Å²) in [5, 5.41) is 0.527. The topological polar surface area (TPSA) is 37.8 Å². The van der Waals surface area contributed by atoms with Gasteiger partial charge in [-0.25, -0.2) is 8.96 Å². The molecule has 1 N–H and O–H groups in total. The number of nitrogens with one attached hydrogen (secondary N) is 1. The Labute approximate surface area is 117 Å². The molecular weight excluding hydrogens is 283 g/mol. The van der Waals surface area contributed by atoms with Crippen molar-refractivity contribution in [1.29, 1.82) is 0 Å². The van der Waals surface area contributed by atoms with Crippen LogP contribution in [0.1, 0.15) is 4.88 Å². The van der Waals surface area contributed by atoms with E-state index in [4.69, 9.17) is 12.2 Å². The van der Waals surface area contributed by atoms with Crippen LogP contribution < -0.4 is 5.56 Å². The number of benzene rings is 1. The number of hydrogen-bond donors (Lipinski definition) is 1. The maximum atomic E-state index is 13.8. The molecule has 0 unspecified atom stereocenters. The highest BCUT2D eigenvalue weighted by atomic mass is 32.1. The SMILES string of the molecule is Cc1cc2c(=O)n(-c3ccccc3F)c(=S)[nH]c2s1. The van der Waals surface area contributed by atoms with Gasteiger partial charge in [-0.05, 0) is 37.3 Å². The molecule has 0 saturated heterocycles. The first-order chi connectivity index (χ1) is 9.08. The van der Waals surface area contributed by atoms with Crippen LogP contribution in [0.25, 0.3) is 15.9 Å². The second kappa shape index (κ2) is 4.40. The Morgan fingerprint density at radius 1 is 1.37 bits per heavy atom. The zero-order valence-corrected chi connectivity index (χ0v) is 11.6. The van der Waals surface area contributed by atoms with E-state index in [9.17, 15) is 9.18 Å². The highest BCUT2D eigenvalue weighted by Crippen LogP contribution is 2.21. The smallest absolute Gasteiger partial charge is 0.267 e. The maximum Gasteiger partial charge on any atom is 0.267 e. The molecule has 0 aliphatic heterocycles. The lowest BCUT2D eigenvalue weighted by atomic mass is 10.3. The van der Waals surface area contributed by atoms with Gasteiger partial charge in [0.05, 0.1) is 11.1 Å². The summed E-state index contributed by atoms with van der Waals surface area (Å²) in [7, 11) is 0. The molecule has 19 heavy (non-hydrogen) atoms. The van der Waals surface area contributed by atoms with E-state index in [0.717, 1.165) is 9.71 Å². The predicted molar refractivity (Wildman–Crippen MR) is 77.3 cm³/mol. The molecule has 3 rings (SSSR count). The van der Waals surface area contributed by atoms with Crippen LogP contribution in [0.3, 0.4) is 0 Å². The zero-order valence-electron chi connectivity index (χ0n) is 9.94. The van der Waals surface area contributed by atoms with Crippen LogP contribution in [0.4, 0.5) is 4.39 Å². The highest BCUT2D eigenvalue weighted by molar-refractivity contribution is 7.71. The standard InChI is InChI=1S/C13H9FN2OS2/c1-7-6-8-11(19-7)15-13(18)16(12(8)17)10-5-3-2-4-9(10)14/h2-6H,1H3,(H,15,18). The van der Waals surface area contributed by atoms with Crippen molar-refractivity contribution < 1.29 is 4.39 Å². The molecule has 0 aliphatic rings. The molecule has 3 aromatic rings. The largest absolute Gasteiger partial charge is 0.323 e. The summed E-state index contributed by atoms with van der Waals surface area (Å²) in [5.74, 6) is -0.476. The molecule has 2 aromatic heterocycles. The molecule has 6 heteroatoms. The van der Waals surface area contributed by atoms with E-state index in [2.05, 4.69) is 4.98 Å². The van der Waals surface area contributed by atoms with Crippen molar-refractivity contribution >= 4 is 33.8 Å². The average molecular weight is 292 g/mol. The number of halogens is 1. The Kier molecular flexibility index (Phi) is 2.83. The Bertz CT molecular complexity index is 892. The molecule has 0 aliphatic carbocycles. The first-order valence-electron chi connectivity index (χ1n) is 5.58. The number of H-pyrrole nitrogens is 1. The lowest BCUT2D eigenvalue weighted by Crippen LogP contribution is -2.20. The average Bonchev–Trinajstić information content (AvgIpc) is 2.72. The summed E-state index contributed by atoms with van der Waals surface area (Å²) in [6, 6.07) is 7.86. The summed E-state index contributed by atoms with van der Waals surface area (Å²) < 4.78 is 15.2. The van der Waals surface area contributed by atoms with Gasteiger partial charge in [-0.2, -0.15) is 0 Å². The van der Waals surface area contributed by atoms with Crippen LogP contribution in [0, 0.1) is 17.5 Å². The minimum Gasteiger partial charge on any atom is -0.323 e. The fraction of sp³-hybridized carbons (Fsp3) is 0.0769. The summed E-state index contributed by atoms with van der Waals surface area (Å²) in [5.41, 5.74) is -0.132. The van der Waals surface area contributed by atoms with Gasteiger partial charge in [0.25, 0.3) is 5.56 Å². The van der Waals surface area contributed by atoms with Gasteiger partial charge in [0, 0.05) is 4.88 Å². The third-order valence-corrected chi connectivity index (χ3v) is 4.06. The number of hydrogen-bond acceptors (Lipinski definition) is 3. The van der Waals surface area contributed by atoms with E-state index >= 15 is 0 Å². The fourth-order valence-corrected chi connectivity index (χ4v) is 3.23. The van der Waals surface area contributed by atoms with Gasteiger partial charge in [0.15, 0.2) is 4.77 Å². The van der Waals surface area contributed by atoms with Crippen LogP contribution in [0.5, 0.6) is 0 Å². The molecule has 0 bridgehead atoms. The number of rotatable bonds is 1. The summed E-state index contributed by atoms with van der Waals surface area (Å²) in [4.78, 5) is 17.1. The molecule has 96 valence electrons. The summed E-state index contributed by atoms with van der Waals surface area (Å²) in [6.07, 6.45) is 0. The molecule has 0 fully saturated rings. The molecular formula is C13H9FN2OS2. The molecule has 3 nitrogen and oxygen atoms in total. The second-order valence-electron chi connectivity index (χ2n) is 4.12. The van der Waals surface area contributed by atoms with Gasteiger partial charge >= 0.3 is 0 Å². The first-order valence-corrected chi connectivity index (χ1v) is 6.81. The Balaban J connectivity index is 2.46. The van der Waals surface area contributed by atoms with Crippen molar-refractivity contribution in [2.24, 2.45) is 0 Å². The van der Waals surface area contributed by atoms with E-state index in [-0.39, 0.29) is 16.0 Å². The van der Waals surface area contributed by atoms with Gasteiger partial charge < -0.3 is 4.98 Å². The van der Waals surface area contributed by atoms with Gasteiger partial charge in [0.1, 0.15) is 10.6 Å². The van der Waals surface area contributed by atoms with Crippen LogP contribution in [-0.4, -0.2) is 9.55 Å². The number of fused-ring (bicyclic) bond motifs is 1. The van der Waals surface area contributed by atoms with Crippen molar-refractivity contribution in [2.45, 2.75) is 6.92 Å². The third-order valence-electron chi connectivity index (χ3n) is 2.81. The van der Waals surface area contributed by atoms with Crippen molar-refractivity contribution in [3.63, 3.8) is 0 Å². The van der Waals surface area contributed by atoms with Crippen molar-refractivity contribution in [2.75, 3.05) is 0 Å². The van der Waals surface area contributed by atoms with Gasteiger partial charge in [0.2, 0.25) is 0 Å². The lowest BCUT2D eigenvalue weighted by Gasteiger charge is -2.07. The Hall–Kier alpha value is -1.79. The number of aromatic amines is 1. The van der Waals surface area contributed by atoms with Crippen LogP contribution in [0.2, 0.25) is 0 Å². The van der Waals surface area contributed by atoms with E-state index in [1.54, 1.807) is 18.2 Å². The van der Waals surface area contributed by atoms with E-state index in [1.165, 1.54) is 28.0 Å². The first kappa shape index (κ1) is 12.3. The van der Waals surface area contributed by atoms with Crippen molar-refractivity contribution in [3.8, 4) is 5.69 Å². The molecule has 2 heterocycles. The number of nitrogens with zero attached hydrogens (tertiary/aromatic N) is 1. The quantitative estimate of drug-likeness (QED) is 0.696. The molecule has 1 aromatic carbocycles. The summed E-state index contributed by atoms with van der Waals surface area (Å²) >= 11 is 6.62. The van der Waals surface area contributed by atoms with E-state index in [1.807, 2.05) is 6.92 Å². The van der Waals surface area contributed by atoms with Crippen LogP contribution in [-0.2, 0) is 0 Å². The van der Waals surface area contributed by atoms with Gasteiger partial charge in [-0.3, -0.25) is 4.79 Å². The molecule has 0 amide bonds. The maximum absolute atomic E-state index is 13.8. The molecule has 0 atom stereocenters. The zero-order chi connectivity index (χ0) is 13.6. The molecule has 0 saturated carbocycles. The summed E-state index contributed by atoms with van der Waals surface area (Å²) in [6.45, 7) is 1.91. The van der Waals surface area contributed by atoms with Crippen LogP contribution in [0.15, 0.2) is 35.1 Å². The van der Waals surface area contributed by atoms with Crippen molar-refractivity contribution in [3.05, 3.63) is 56.2 Å². The molecule has 0 spiro atoms. The lowest BCUT2D eigenvalue weighted by molar-refractivity contribution is 0.615. The Morgan fingerprint density at radius 3 is 2.84 bits per heavy atom. The van der Waals surface area contributed by atoms with E-state index in [0.29, 0.717) is 5.39 Å². The monoisotopic (exact) mass is 292 g/mol. The minimum atomic E-state index is -0.476. The van der Waals surface area contributed by atoms with Crippen molar-refractivity contribution in [1.82, 2.24) is 9.55 Å². The van der Waals surface area contributed by atoms with Gasteiger partial charge in [-0.15, -0.1) is 11.3 Å². The number of thiophene rings is 1. The minimum absolute atomic E-state index is 0.166. The highest BCUT2D eigenvalue weighted by Gasteiger charge is 2.12. The third kappa shape index (κ3) is 1.93. The fourth-order valence-electron chi connectivity index (χ4n) is 1.98. The predicted octanol–water partition coefficient (Wildman–Crippen LogP) is 3.56. The number of aromatic nitrogens is 2. The van der Waals surface area contributed by atoms with E-state index < -0.39 is 5.82 Å². The number of aryl methyl sites for hydroxylation is 1. The second-order valence-corrected chi connectivity index (χ2v) is 5.76. The normalized spacial score (nSPS) is 11.1.